The number of nitro groups is 1. The quantitative estimate of drug-likeness (QED) is 0.595. The van der Waals surface area contributed by atoms with Gasteiger partial charge in [0, 0.05) is 53.4 Å². The highest BCUT2D eigenvalue weighted by Gasteiger charge is 2.20. The summed E-state index contributed by atoms with van der Waals surface area (Å²) in [6.45, 7) is 0.211. The van der Waals surface area contributed by atoms with Crippen LogP contribution in [-0.2, 0) is 13.6 Å². The third-order valence-corrected chi connectivity index (χ3v) is 3.85. The Hall–Kier alpha value is -2.73. The zero-order valence-electron chi connectivity index (χ0n) is 11.9. The first kappa shape index (κ1) is 14.2. The number of aryl methyl sites for hydroxylation is 1. The molecule has 1 aromatic heterocycles. The molecule has 0 radical (unpaired) electrons. The second-order valence-corrected chi connectivity index (χ2v) is 5.02. The van der Waals surface area contributed by atoms with Crippen molar-refractivity contribution in [3.63, 3.8) is 0 Å². The number of nitro benzene ring substituents is 1. The molecule has 22 heavy (non-hydrogen) atoms. The molecule has 0 saturated heterocycles. The van der Waals surface area contributed by atoms with Gasteiger partial charge in [-0.2, -0.15) is 0 Å². The minimum Gasteiger partial charge on any atom is -0.346 e. The lowest BCUT2D eigenvalue weighted by Crippen LogP contribution is -2.04. The third-order valence-electron chi connectivity index (χ3n) is 3.85. The maximum absolute atomic E-state index is 14.2. The summed E-state index contributed by atoms with van der Waals surface area (Å²) < 4.78 is 16.1. The van der Waals surface area contributed by atoms with Gasteiger partial charge in [0.25, 0.3) is 5.69 Å². The Balaban J connectivity index is 2.43. The van der Waals surface area contributed by atoms with Crippen LogP contribution in [0.2, 0.25) is 0 Å². The summed E-state index contributed by atoms with van der Waals surface area (Å²) in [4.78, 5) is 10.6. The largest absolute Gasteiger partial charge is 0.346 e. The van der Waals surface area contributed by atoms with Crippen molar-refractivity contribution < 1.29 is 9.31 Å². The van der Waals surface area contributed by atoms with E-state index in [1.165, 1.54) is 18.2 Å². The summed E-state index contributed by atoms with van der Waals surface area (Å²) in [6, 6.07) is 10.9. The lowest BCUT2D eigenvalue weighted by molar-refractivity contribution is -0.384. The summed E-state index contributed by atoms with van der Waals surface area (Å²) in [6.07, 6.45) is 0. The molecule has 0 aliphatic heterocycles. The number of aromatic nitrogens is 1. The maximum Gasteiger partial charge on any atom is 0.270 e. The van der Waals surface area contributed by atoms with E-state index in [2.05, 4.69) is 0 Å². The molecule has 5 nitrogen and oxygen atoms in total. The molecule has 0 aliphatic carbocycles. The number of nitrogens with two attached hydrogens (primary N) is 1. The number of nitrogens with zero attached hydrogens (tertiary/aromatic N) is 2. The highest BCUT2D eigenvalue weighted by molar-refractivity contribution is 5.99. The van der Waals surface area contributed by atoms with E-state index in [0.29, 0.717) is 16.5 Å². The number of hydrogen-bond acceptors (Lipinski definition) is 3. The molecular weight excluding hydrogens is 285 g/mol. The number of benzene rings is 2. The van der Waals surface area contributed by atoms with E-state index in [1.807, 2.05) is 11.6 Å². The topological polar surface area (TPSA) is 74.1 Å². The van der Waals surface area contributed by atoms with Gasteiger partial charge in [-0.25, -0.2) is 4.39 Å². The molecule has 112 valence electrons. The van der Waals surface area contributed by atoms with E-state index in [1.54, 1.807) is 24.3 Å². The molecule has 0 amide bonds. The van der Waals surface area contributed by atoms with E-state index in [9.17, 15) is 14.5 Å². The average Bonchev–Trinajstić information content (AvgIpc) is 2.79. The van der Waals surface area contributed by atoms with Crippen LogP contribution in [0.4, 0.5) is 10.1 Å². The molecule has 2 N–H and O–H groups in total. The van der Waals surface area contributed by atoms with Crippen LogP contribution < -0.4 is 5.73 Å². The number of rotatable bonds is 3. The number of fused-ring (bicyclic) bond motifs is 1. The van der Waals surface area contributed by atoms with Crippen LogP contribution in [0.3, 0.4) is 0 Å². The number of halogens is 1. The summed E-state index contributed by atoms with van der Waals surface area (Å²) in [5.74, 6) is -0.379. The zero-order valence-corrected chi connectivity index (χ0v) is 11.9. The van der Waals surface area contributed by atoms with E-state index in [0.717, 1.165) is 11.2 Å². The van der Waals surface area contributed by atoms with E-state index >= 15 is 0 Å². The predicted octanol–water partition coefficient (Wildman–Crippen LogP) is 3.35. The predicted molar refractivity (Wildman–Crippen MR) is 82.9 cm³/mol. The first-order valence-corrected chi connectivity index (χ1v) is 6.75. The first-order valence-electron chi connectivity index (χ1n) is 6.75. The van der Waals surface area contributed by atoms with Crippen LogP contribution in [0.5, 0.6) is 0 Å². The molecule has 3 aromatic rings. The van der Waals surface area contributed by atoms with Gasteiger partial charge in [-0.3, -0.25) is 10.1 Å². The van der Waals surface area contributed by atoms with Crippen molar-refractivity contribution >= 4 is 16.6 Å². The molecule has 1 heterocycles. The zero-order chi connectivity index (χ0) is 15.9. The maximum atomic E-state index is 14.2. The van der Waals surface area contributed by atoms with E-state index < -0.39 is 4.92 Å². The van der Waals surface area contributed by atoms with Gasteiger partial charge in [-0.1, -0.05) is 18.2 Å². The second-order valence-electron chi connectivity index (χ2n) is 5.02. The molecule has 0 fully saturated rings. The minimum absolute atomic E-state index is 0.0285. The first-order chi connectivity index (χ1) is 10.5. The van der Waals surface area contributed by atoms with Crippen molar-refractivity contribution in [2.24, 2.45) is 12.8 Å². The molecule has 0 saturated carbocycles. The SMILES string of the molecule is Cn1c(CN)c(-c2ccccc2F)c2cc([N+](=O)[O-])ccc21. The van der Waals surface area contributed by atoms with Gasteiger partial charge in [0.05, 0.1) is 4.92 Å². The molecule has 6 heteroatoms. The van der Waals surface area contributed by atoms with Gasteiger partial charge in [0.1, 0.15) is 5.82 Å². The summed E-state index contributed by atoms with van der Waals surface area (Å²) in [7, 11) is 1.82. The second kappa shape index (κ2) is 5.23. The van der Waals surface area contributed by atoms with Crippen LogP contribution in [0.25, 0.3) is 22.0 Å². The van der Waals surface area contributed by atoms with Crippen molar-refractivity contribution in [2.75, 3.05) is 0 Å². The van der Waals surface area contributed by atoms with Gasteiger partial charge < -0.3 is 10.3 Å². The Morgan fingerprint density at radius 2 is 2.00 bits per heavy atom. The van der Waals surface area contributed by atoms with Crippen molar-refractivity contribution in [1.29, 1.82) is 0 Å². The third kappa shape index (κ3) is 2.05. The van der Waals surface area contributed by atoms with Crippen LogP contribution in [0.15, 0.2) is 42.5 Å². The van der Waals surface area contributed by atoms with Gasteiger partial charge >= 0.3 is 0 Å². The van der Waals surface area contributed by atoms with Crippen molar-refractivity contribution in [3.05, 3.63) is 64.1 Å². The fraction of sp³-hybridized carbons (Fsp3) is 0.125. The minimum atomic E-state index is -0.459. The molecule has 3 rings (SSSR count). The molecule has 0 atom stereocenters. The smallest absolute Gasteiger partial charge is 0.270 e. The van der Waals surface area contributed by atoms with Crippen LogP contribution >= 0.6 is 0 Å². The van der Waals surface area contributed by atoms with E-state index in [4.69, 9.17) is 5.73 Å². The van der Waals surface area contributed by atoms with E-state index in [-0.39, 0.29) is 18.0 Å². The number of hydrogen-bond donors (Lipinski definition) is 1. The number of non-ortho nitro benzene ring substituents is 1. The molecule has 0 spiro atoms. The monoisotopic (exact) mass is 299 g/mol. The Morgan fingerprint density at radius 3 is 2.64 bits per heavy atom. The average molecular weight is 299 g/mol. The van der Waals surface area contributed by atoms with Gasteiger partial charge in [0.15, 0.2) is 0 Å². The fourth-order valence-corrected chi connectivity index (χ4v) is 2.80. The lowest BCUT2D eigenvalue weighted by atomic mass is 10.0. The molecule has 0 unspecified atom stereocenters. The van der Waals surface area contributed by atoms with Crippen molar-refractivity contribution in [3.8, 4) is 11.1 Å². The van der Waals surface area contributed by atoms with Crippen LogP contribution in [0, 0.1) is 15.9 Å². The highest BCUT2D eigenvalue weighted by atomic mass is 19.1. The van der Waals surface area contributed by atoms with Crippen molar-refractivity contribution in [2.45, 2.75) is 6.54 Å². The molecule has 2 aromatic carbocycles. The standard InChI is InChI=1S/C16H14FN3O2/c1-19-14-7-6-10(20(21)22)8-12(14)16(15(19)9-18)11-4-2-3-5-13(11)17/h2-8H,9,18H2,1H3. The Labute approximate surface area is 125 Å². The summed E-state index contributed by atoms with van der Waals surface area (Å²) >= 11 is 0. The molecule has 0 bridgehead atoms. The van der Waals surface area contributed by atoms with Crippen LogP contribution in [0.1, 0.15) is 5.69 Å². The lowest BCUT2D eigenvalue weighted by Gasteiger charge is -2.06. The highest BCUT2D eigenvalue weighted by Crippen LogP contribution is 2.37. The fourth-order valence-electron chi connectivity index (χ4n) is 2.80. The normalized spacial score (nSPS) is 11.0. The van der Waals surface area contributed by atoms with Gasteiger partial charge in [-0.05, 0) is 12.1 Å². The summed E-state index contributed by atoms with van der Waals surface area (Å²) in [5, 5.41) is 11.6. The molecule has 0 aliphatic rings. The Morgan fingerprint density at radius 1 is 1.27 bits per heavy atom. The van der Waals surface area contributed by atoms with Crippen molar-refractivity contribution in [1.82, 2.24) is 4.57 Å². The Bertz CT molecular complexity index is 886. The van der Waals surface area contributed by atoms with Gasteiger partial charge in [-0.15, -0.1) is 0 Å². The molecular formula is C16H14FN3O2. The van der Waals surface area contributed by atoms with Crippen LogP contribution in [-0.4, -0.2) is 9.49 Å². The Kier molecular flexibility index (Phi) is 3.38. The summed E-state index contributed by atoms with van der Waals surface area (Å²) in [5.41, 5.74) is 8.32. The van der Waals surface area contributed by atoms with Gasteiger partial charge in [0.2, 0.25) is 0 Å².